The van der Waals surface area contributed by atoms with E-state index < -0.39 is 28.0 Å². The maximum absolute atomic E-state index is 12.7. The van der Waals surface area contributed by atoms with Crippen LogP contribution in [0.25, 0.3) is 0 Å². The molecular weight excluding hydrogens is 282 g/mol. The van der Waals surface area contributed by atoms with Gasteiger partial charge in [0.15, 0.2) is 0 Å². The van der Waals surface area contributed by atoms with Crippen molar-refractivity contribution in [2.45, 2.75) is 37.6 Å². The lowest BCUT2D eigenvalue weighted by Crippen LogP contribution is -2.49. The smallest absolute Gasteiger partial charge is 0.308 e. The van der Waals surface area contributed by atoms with Gasteiger partial charge in [0.05, 0.1) is 17.8 Å². The lowest BCUT2D eigenvalue weighted by Gasteiger charge is -2.36. The van der Waals surface area contributed by atoms with Crippen LogP contribution in [0, 0.1) is 12.8 Å². The number of sulfonamides is 1. The van der Waals surface area contributed by atoms with Crippen molar-refractivity contribution in [3.63, 3.8) is 0 Å². The molecule has 112 valence electrons. The molecule has 2 atom stereocenters. The molecule has 1 aliphatic heterocycles. The van der Waals surface area contributed by atoms with E-state index in [2.05, 4.69) is 5.10 Å². The summed E-state index contributed by atoms with van der Waals surface area (Å²) in [5, 5.41) is 13.1. The molecule has 0 bridgehead atoms. The minimum Gasteiger partial charge on any atom is -0.481 e. The Labute approximate surface area is 118 Å². The van der Waals surface area contributed by atoms with Gasteiger partial charge in [-0.3, -0.25) is 9.48 Å². The molecule has 2 heterocycles. The monoisotopic (exact) mass is 301 g/mol. The Hall–Kier alpha value is -1.41. The Kier molecular flexibility index (Phi) is 3.88. The van der Waals surface area contributed by atoms with Crippen LogP contribution in [-0.2, 0) is 21.9 Å². The normalized spacial score (nSPS) is 24.8. The van der Waals surface area contributed by atoms with Crippen molar-refractivity contribution in [1.82, 2.24) is 14.1 Å². The van der Waals surface area contributed by atoms with Gasteiger partial charge >= 0.3 is 5.97 Å². The molecule has 0 radical (unpaired) electrons. The molecule has 1 aromatic rings. The second kappa shape index (κ2) is 5.17. The Balaban J connectivity index is 2.39. The molecule has 8 heteroatoms. The highest BCUT2D eigenvalue weighted by atomic mass is 32.2. The third-order valence-electron chi connectivity index (χ3n) is 4.02. The maximum atomic E-state index is 12.7. The number of carboxylic acids is 1. The van der Waals surface area contributed by atoms with Gasteiger partial charge in [0.2, 0.25) is 10.0 Å². The second-order valence-corrected chi connectivity index (χ2v) is 7.02. The van der Waals surface area contributed by atoms with Crippen molar-refractivity contribution in [2.24, 2.45) is 13.0 Å². The van der Waals surface area contributed by atoms with Crippen molar-refractivity contribution in [2.75, 3.05) is 6.54 Å². The number of hydrogen-bond donors (Lipinski definition) is 1. The SMILES string of the molecule is Cc1c(S(=O)(=O)N2CCC[C@@H](C(=O)O)[C@H]2C)cnn1C. The minimum atomic E-state index is -3.70. The predicted octanol–water partition coefficient (Wildman–Crippen LogP) is 0.602. The molecule has 0 unspecified atom stereocenters. The number of nitrogens with zero attached hydrogens (tertiary/aromatic N) is 3. The molecular formula is C12H19N3O4S. The van der Waals surface area contributed by atoms with Crippen LogP contribution in [-0.4, -0.2) is 46.2 Å². The number of hydrogen-bond acceptors (Lipinski definition) is 4. The van der Waals surface area contributed by atoms with Crippen LogP contribution in [0.3, 0.4) is 0 Å². The number of piperidine rings is 1. The fourth-order valence-electron chi connectivity index (χ4n) is 2.64. The fraction of sp³-hybridized carbons (Fsp3) is 0.667. The van der Waals surface area contributed by atoms with Crippen LogP contribution in [0.2, 0.25) is 0 Å². The highest BCUT2D eigenvalue weighted by molar-refractivity contribution is 7.89. The van der Waals surface area contributed by atoms with Crippen LogP contribution < -0.4 is 0 Å². The van der Waals surface area contributed by atoms with Crippen LogP contribution in [0.1, 0.15) is 25.5 Å². The first-order valence-electron chi connectivity index (χ1n) is 6.50. The van der Waals surface area contributed by atoms with E-state index in [4.69, 9.17) is 0 Å². The quantitative estimate of drug-likeness (QED) is 0.882. The summed E-state index contributed by atoms with van der Waals surface area (Å²) in [7, 11) is -2.03. The fourth-order valence-corrected chi connectivity index (χ4v) is 4.53. The summed E-state index contributed by atoms with van der Waals surface area (Å²) >= 11 is 0. The first-order valence-corrected chi connectivity index (χ1v) is 7.94. The molecule has 1 aromatic heterocycles. The average Bonchev–Trinajstić information content (AvgIpc) is 2.70. The zero-order valence-corrected chi connectivity index (χ0v) is 12.6. The van der Waals surface area contributed by atoms with Crippen LogP contribution >= 0.6 is 0 Å². The van der Waals surface area contributed by atoms with Gasteiger partial charge in [0.25, 0.3) is 0 Å². The number of carbonyl (C=O) groups is 1. The van der Waals surface area contributed by atoms with Crippen molar-refractivity contribution in [3.05, 3.63) is 11.9 Å². The number of aromatic nitrogens is 2. The average molecular weight is 301 g/mol. The van der Waals surface area contributed by atoms with Gasteiger partial charge in [-0.25, -0.2) is 8.42 Å². The number of rotatable bonds is 3. The predicted molar refractivity (Wildman–Crippen MR) is 71.7 cm³/mol. The Morgan fingerprint density at radius 2 is 2.15 bits per heavy atom. The molecule has 0 spiro atoms. The van der Waals surface area contributed by atoms with Crippen molar-refractivity contribution in [1.29, 1.82) is 0 Å². The zero-order valence-electron chi connectivity index (χ0n) is 11.8. The van der Waals surface area contributed by atoms with Gasteiger partial charge in [-0.2, -0.15) is 9.40 Å². The van der Waals surface area contributed by atoms with Crippen molar-refractivity contribution >= 4 is 16.0 Å². The number of carboxylic acid groups (broad SMARTS) is 1. The summed E-state index contributed by atoms with van der Waals surface area (Å²) in [6, 6.07) is -0.550. The highest BCUT2D eigenvalue weighted by Crippen LogP contribution is 2.30. The molecule has 2 rings (SSSR count). The Morgan fingerprint density at radius 1 is 1.50 bits per heavy atom. The van der Waals surface area contributed by atoms with Gasteiger partial charge in [-0.1, -0.05) is 0 Å². The molecule has 0 saturated carbocycles. The summed E-state index contributed by atoms with van der Waals surface area (Å²) in [6.45, 7) is 3.69. The lowest BCUT2D eigenvalue weighted by molar-refractivity contribution is -0.144. The van der Waals surface area contributed by atoms with E-state index >= 15 is 0 Å². The van der Waals surface area contributed by atoms with E-state index in [9.17, 15) is 18.3 Å². The standard InChI is InChI=1S/C12H19N3O4S/c1-8-10(12(16)17)5-4-6-15(8)20(18,19)11-7-13-14(3)9(11)2/h7-8,10H,4-6H2,1-3H3,(H,16,17)/t8-,10-/m1/s1. The lowest BCUT2D eigenvalue weighted by atomic mass is 9.92. The van der Waals surface area contributed by atoms with Gasteiger partial charge in [-0.05, 0) is 26.7 Å². The minimum absolute atomic E-state index is 0.151. The third-order valence-corrected chi connectivity index (χ3v) is 6.11. The number of aryl methyl sites for hydroxylation is 1. The topological polar surface area (TPSA) is 92.5 Å². The second-order valence-electron chi connectivity index (χ2n) is 5.16. The van der Waals surface area contributed by atoms with Crippen molar-refractivity contribution in [3.8, 4) is 0 Å². The van der Waals surface area contributed by atoms with E-state index in [1.54, 1.807) is 20.9 Å². The summed E-state index contributed by atoms with van der Waals surface area (Å²) in [4.78, 5) is 11.4. The molecule has 1 saturated heterocycles. The molecule has 0 aromatic carbocycles. The summed E-state index contributed by atoms with van der Waals surface area (Å²) in [5.74, 6) is -1.60. The van der Waals surface area contributed by atoms with Crippen molar-refractivity contribution < 1.29 is 18.3 Å². The van der Waals surface area contributed by atoms with Gasteiger partial charge in [0, 0.05) is 19.6 Å². The highest BCUT2D eigenvalue weighted by Gasteiger charge is 2.40. The van der Waals surface area contributed by atoms with E-state index in [0.717, 1.165) is 0 Å². The summed E-state index contributed by atoms with van der Waals surface area (Å²) < 4.78 is 28.1. The van der Waals surface area contributed by atoms with Gasteiger partial charge in [0.1, 0.15) is 4.90 Å². The largest absolute Gasteiger partial charge is 0.481 e. The molecule has 1 aliphatic rings. The molecule has 1 N–H and O–H groups in total. The number of aliphatic carboxylic acids is 1. The molecule has 1 fully saturated rings. The van der Waals surface area contributed by atoms with Crippen LogP contribution in [0.15, 0.2) is 11.1 Å². The molecule has 0 aliphatic carbocycles. The molecule has 7 nitrogen and oxygen atoms in total. The maximum Gasteiger partial charge on any atom is 0.308 e. The zero-order chi connectivity index (χ0) is 15.1. The first kappa shape index (κ1) is 15.0. The molecule has 0 amide bonds. The Morgan fingerprint density at radius 3 is 2.65 bits per heavy atom. The third kappa shape index (κ3) is 2.33. The van der Waals surface area contributed by atoms with Crippen LogP contribution in [0.4, 0.5) is 0 Å². The van der Waals surface area contributed by atoms with E-state index in [1.165, 1.54) is 15.2 Å². The molecule has 20 heavy (non-hydrogen) atoms. The Bertz CT molecular complexity index is 623. The van der Waals surface area contributed by atoms with Gasteiger partial charge in [-0.15, -0.1) is 0 Å². The summed E-state index contributed by atoms with van der Waals surface area (Å²) in [5.41, 5.74) is 0.551. The van der Waals surface area contributed by atoms with E-state index in [-0.39, 0.29) is 4.90 Å². The van der Waals surface area contributed by atoms with E-state index in [1.807, 2.05) is 0 Å². The first-order chi connectivity index (χ1) is 9.26. The van der Waals surface area contributed by atoms with Gasteiger partial charge < -0.3 is 5.11 Å². The van der Waals surface area contributed by atoms with E-state index in [0.29, 0.717) is 25.1 Å². The summed E-state index contributed by atoms with van der Waals surface area (Å²) in [6.07, 6.45) is 2.39. The van der Waals surface area contributed by atoms with Crippen LogP contribution in [0.5, 0.6) is 0 Å².